The molecule has 2 aromatic heterocycles. The fourth-order valence-corrected chi connectivity index (χ4v) is 4.32. The number of aryl methyl sites for hydroxylation is 1. The van der Waals surface area contributed by atoms with E-state index in [1.807, 2.05) is 36.6 Å². The van der Waals surface area contributed by atoms with Crippen LogP contribution in [0.4, 0.5) is 5.69 Å². The smallest absolute Gasteiger partial charge is 0.267 e. The maximum Gasteiger partial charge on any atom is 0.267 e. The molecule has 0 unspecified atom stereocenters. The molecule has 0 spiro atoms. The van der Waals surface area contributed by atoms with Crippen LogP contribution in [-0.4, -0.2) is 15.9 Å². The molecule has 146 valence electrons. The van der Waals surface area contributed by atoms with Crippen molar-refractivity contribution in [3.63, 3.8) is 0 Å². The van der Waals surface area contributed by atoms with Crippen molar-refractivity contribution < 1.29 is 9.53 Å². The second-order valence-corrected chi connectivity index (χ2v) is 8.55. The second-order valence-electron chi connectivity index (χ2n) is 6.14. The van der Waals surface area contributed by atoms with Crippen LogP contribution in [0.15, 0.2) is 60.1 Å². The van der Waals surface area contributed by atoms with Crippen molar-refractivity contribution in [2.75, 3.05) is 5.32 Å². The van der Waals surface area contributed by atoms with Gasteiger partial charge in [-0.2, -0.15) is 0 Å². The summed E-state index contributed by atoms with van der Waals surface area (Å²) in [5, 5.41) is 7.18. The number of amides is 1. The number of benzene rings is 2. The Labute approximate surface area is 181 Å². The van der Waals surface area contributed by atoms with E-state index in [-0.39, 0.29) is 5.91 Å². The lowest BCUT2D eigenvalue weighted by molar-refractivity contribution is 0.103. The molecule has 2 aromatic carbocycles. The van der Waals surface area contributed by atoms with Gasteiger partial charge in [-0.1, -0.05) is 23.7 Å². The fourth-order valence-electron chi connectivity index (χ4n) is 2.68. The average Bonchev–Trinajstić information content (AvgIpc) is 3.38. The summed E-state index contributed by atoms with van der Waals surface area (Å²) in [7, 11) is 0. The Hall–Kier alpha value is -2.74. The maximum atomic E-state index is 12.7. The Morgan fingerprint density at radius 1 is 1.21 bits per heavy atom. The van der Waals surface area contributed by atoms with Crippen molar-refractivity contribution in [3.8, 4) is 16.3 Å². The van der Waals surface area contributed by atoms with Crippen molar-refractivity contribution in [1.29, 1.82) is 0 Å². The average molecular weight is 442 g/mol. The Morgan fingerprint density at radius 3 is 2.79 bits per heavy atom. The van der Waals surface area contributed by atoms with Crippen LogP contribution in [0.25, 0.3) is 10.6 Å². The summed E-state index contributed by atoms with van der Waals surface area (Å²) < 4.78 is 5.72. The molecule has 0 aliphatic rings. The molecular weight excluding hydrogens is 426 g/mol. The summed E-state index contributed by atoms with van der Waals surface area (Å²) in [6.07, 6.45) is 1.76. The zero-order valence-electron chi connectivity index (χ0n) is 15.4. The van der Waals surface area contributed by atoms with Gasteiger partial charge in [-0.3, -0.25) is 4.79 Å². The van der Waals surface area contributed by atoms with E-state index in [1.165, 1.54) is 11.3 Å². The topological polar surface area (TPSA) is 64.1 Å². The lowest BCUT2D eigenvalue weighted by atomic mass is 10.2. The van der Waals surface area contributed by atoms with Gasteiger partial charge in [0.25, 0.3) is 5.91 Å². The highest BCUT2D eigenvalue weighted by atomic mass is 35.5. The monoisotopic (exact) mass is 441 g/mol. The number of carbonyl (C=O) groups is 1. The molecule has 1 N–H and O–H groups in total. The number of rotatable bonds is 6. The highest BCUT2D eigenvalue weighted by Gasteiger charge is 2.16. The van der Waals surface area contributed by atoms with Gasteiger partial charge in [0, 0.05) is 27.9 Å². The maximum absolute atomic E-state index is 12.7. The van der Waals surface area contributed by atoms with E-state index in [2.05, 4.69) is 15.3 Å². The van der Waals surface area contributed by atoms with E-state index in [4.69, 9.17) is 16.3 Å². The number of carbonyl (C=O) groups excluding carboxylic acids is 1. The quantitative estimate of drug-likeness (QED) is 0.395. The molecule has 8 heteroatoms. The van der Waals surface area contributed by atoms with Crippen LogP contribution in [0.5, 0.6) is 5.75 Å². The van der Waals surface area contributed by atoms with Gasteiger partial charge in [0.15, 0.2) is 0 Å². The summed E-state index contributed by atoms with van der Waals surface area (Å²) >= 11 is 8.76. The third-order valence-corrected chi connectivity index (χ3v) is 6.23. The predicted octanol–water partition coefficient (Wildman–Crippen LogP) is 6.06. The van der Waals surface area contributed by atoms with Crippen LogP contribution < -0.4 is 10.1 Å². The molecule has 4 rings (SSSR count). The van der Waals surface area contributed by atoms with Crippen LogP contribution in [-0.2, 0) is 6.61 Å². The van der Waals surface area contributed by atoms with Crippen molar-refractivity contribution in [2.24, 2.45) is 0 Å². The van der Waals surface area contributed by atoms with Crippen LogP contribution in [0.1, 0.15) is 20.4 Å². The van der Waals surface area contributed by atoms with Crippen molar-refractivity contribution in [3.05, 3.63) is 80.7 Å². The van der Waals surface area contributed by atoms with Gasteiger partial charge < -0.3 is 10.1 Å². The van der Waals surface area contributed by atoms with Gasteiger partial charge in [0.05, 0.1) is 5.69 Å². The number of ether oxygens (including phenoxy) is 1. The molecule has 0 bridgehead atoms. The van der Waals surface area contributed by atoms with Gasteiger partial charge in [0.2, 0.25) is 0 Å². The van der Waals surface area contributed by atoms with Crippen molar-refractivity contribution in [2.45, 2.75) is 13.5 Å². The molecule has 4 aromatic rings. The Balaban J connectivity index is 1.44. The Bertz CT molecular complexity index is 1130. The zero-order chi connectivity index (χ0) is 20.2. The molecule has 0 radical (unpaired) electrons. The minimum Gasteiger partial charge on any atom is -0.486 e. The predicted molar refractivity (Wildman–Crippen MR) is 118 cm³/mol. The van der Waals surface area contributed by atoms with Crippen LogP contribution in [0.2, 0.25) is 5.02 Å². The summed E-state index contributed by atoms with van der Waals surface area (Å²) in [4.78, 5) is 22.1. The van der Waals surface area contributed by atoms with Crippen molar-refractivity contribution in [1.82, 2.24) is 9.97 Å². The third-order valence-electron chi connectivity index (χ3n) is 4.02. The molecule has 29 heavy (non-hydrogen) atoms. The molecule has 0 saturated carbocycles. The van der Waals surface area contributed by atoms with E-state index in [9.17, 15) is 4.79 Å². The molecule has 0 saturated heterocycles. The molecule has 0 atom stereocenters. The minimum atomic E-state index is -0.186. The number of anilines is 1. The molecule has 1 amide bonds. The zero-order valence-corrected chi connectivity index (χ0v) is 17.8. The summed E-state index contributed by atoms with van der Waals surface area (Å²) in [6.45, 7) is 2.11. The number of aromatic nitrogens is 2. The Morgan fingerprint density at radius 2 is 2.03 bits per heavy atom. The first-order valence-electron chi connectivity index (χ1n) is 8.74. The number of nitrogens with one attached hydrogen (secondary N) is 1. The number of thiazole rings is 2. The van der Waals surface area contributed by atoms with Gasteiger partial charge in [-0.15, -0.1) is 22.7 Å². The standard InChI is InChI=1S/C21H16ClN3O2S2/c1-13-19(29-18(24-13)12-27-17-7-5-15(22)6-8-17)20(26)25-16-4-2-3-14(11-16)21-23-9-10-28-21/h2-11H,12H2,1H3,(H,25,26). The summed E-state index contributed by atoms with van der Waals surface area (Å²) in [6, 6.07) is 14.8. The number of halogens is 1. The van der Waals surface area contributed by atoms with E-state index in [0.717, 1.165) is 21.3 Å². The normalized spacial score (nSPS) is 10.7. The molecule has 2 heterocycles. The molecule has 0 aliphatic carbocycles. The SMILES string of the molecule is Cc1nc(COc2ccc(Cl)cc2)sc1C(=O)Nc1cccc(-c2nccs2)c1. The minimum absolute atomic E-state index is 0.186. The second kappa shape index (κ2) is 8.73. The first-order chi connectivity index (χ1) is 14.1. The van der Waals surface area contributed by atoms with Crippen LogP contribution in [0, 0.1) is 6.92 Å². The number of hydrogen-bond donors (Lipinski definition) is 1. The molecular formula is C21H16ClN3O2S2. The van der Waals surface area contributed by atoms with Gasteiger partial charge >= 0.3 is 0 Å². The highest BCUT2D eigenvalue weighted by molar-refractivity contribution is 7.14. The first kappa shape index (κ1) is 19.6. The number of hydrogen-bond acceptors (Lipinski definition) is 6. The Kier molecular flexibility index (Phi) is 5.89. The molecule has 5 nitrogen and oxygen atoms in total. The van der Waals surface area contributed by atoms with Gasteiger partial charge in [-0.25, -0.2) is 9.97 Å². The number of nitrogens with zero attached hydrogens (tertiary/aromatic N) is 2. The van der Waals surface area contributed by atoms with Gasteiger partial charge in [-0.05, 0) is 43.3 Å². The van der Waals surface area contributed by atoms with E-state index < -0.39 is 0 Å². The summed E-state index contributed by atoms with van der Waals surface area (Å²) in [5.41, 5.74) is 2.36. The molecule has 0 aliphatic heterocycles. The van der Waals surface area contributed by atoms with Crippen molar-refractivity contribution >= 4 is 45.9 Å². The van der Waals surface area contributed by atoms with Crippen LogP contribution >= 0.6 is 34.3 Å². The van der Waals surface area contributed by atoms with E-state index in [0.29, 0.717) is 28.0 Å². The van der Waals surface area contributed by atoms with Crippen LogP contribution in [0.3, 0.4) is 0 Å². The van der Waals surface area contributed by atoms with E-state index >= 15 is 0 Å². The first-order valence-corrected chi connectivity index (χ1v) is 10.8. The molecule has 0 fully saturated rings. The van der Waals surface area contributed by atoms with Gasteiger partial charge in [0.1, 0.15) is 27.2 Å². The fraction of sp³-hybridized carbons (Fsp3) is 0.0952. The lowest BCUT2D eigenvalue weighted by Crippen LogP contribution is -2.11. The highest BCUT2D eigenvalue weighted by Crippen LogP contribution is 2.26. The van der Waals surface area contributed by atoms with E-state index in [1.54, 1.807) is 41.8 Å². The third kappa shape index (κ3) is 4.82. The summed E-state index contributed by atoms with van der Waals surface area (Å²) in [5.74, 6) is 0.515. The largest absolute Gasteiger partial charge is 0.486 e. The lowest BCUT2D eigenvalue weighted by Gasteiger charge is -2.05.